The minimum Gasteiger partial charge on any atom is -0.497 e. The van der Waals surface area contributed by atoms with E-state index in [4.69, 9.17) is 13.3 Å². The summed E-state index contributed by atoms with van der Waals surface area (Å²) in [6.45, 7) is 0. The van der Waals surface area contributed by atoms with Crippen LogP contribution in [-0.2, 0) is 9.59 Å². The number of thioether (sulfide) groups is 1. The molecule has 0 saturated heterocycles. The lowest BCUT2D eigenvalue weighted by Gasteiger charge is -2.14. The van der Waals surface area contributed by atoms with Gasteiger partial charge in [-0.15, -0.1) is 0 Å². The molecule has 0 spiro atoms. The lowest BCUT2D eigenvalue weighted by Crippen LogP contribution is -2.21. The number of carboxylic acid groups (broad SMARTS) is 1. The van der Waals surface area contributed by atoms with Crippen LogP contribution in [0, 0.1) is 23.3 Å². The van der Waals surface area contributed by atoms with E-state index in [1.807, 2.05) is 0 Å². The van der Waals surface area contributed by atoms with Crippen LogP contribution in [0.5, 0.6) is 5.75 Å². The summed E-state index contributed by atoms with van der Waals surface area (Å²) in [5, 5.41) is 10.7. The molecule has 0 unspecified atom stereocenters. The molecule has 0 atom stereocenters. The standard InChI is InChI=1S/C19H13F4NO4S/c1-28-9-4-2-3-8(5-9)12-13(20)15(22)17(16(23)14(12)21)24-18(25)10-6-29-7-11(10)19(26)27/h2-5H,6-7H2,1H3,(H,24,25)(H,26,27)/i1D3,3D,4D,5D. The number of ether oxygens (including phenoxy) is 1. The maximum atomic E-state index is 14.9. The normalized spacial score (nSPS) is 17.0. The van der Waals surface area contributed by atoms with Gasteiger partial charge in [0.05, 0.1) is 26.4 Å². The number of nitrogens with one attached hydrogen (secondary N) is 1. The third-order valence-corrected chi connectivity index (χ3v) is 4.89. The predicted octanol–water partition coefficient (Wildman–Crippen LogP) is 3.99. The van der Waals surface area contributed by atoms with Gasteiger partial charge in [-0.3, -0.25) is 4.79 Å². The molecule has 0 aliphatic carbocycles. The Kier molecular flexibility index (Phi) is 3.95. The molecule has 0 fully saturated rings. The first kappa shape index (κ1) is 14.0. The molecular formula is C19H13F4NO4S. The number of carbonyl (C=O) groups excluding carboxylic acids is 1. The van der Waals surface area contributed by atoms with Gasteiger partial charge < -0.3 is 15.2 Å². The van der Waals surface area contributed by atoms with Crippen LogP contribution in [0.4, 0.5) is 23.2 Å². The van der Waals surface area contributed by atoms with Gasteiger partial charge in [-0.2, -0.15) is 11.8 Å². The van der Waals surface area contributed by atoms with Crippen molar-refractivity contribution in [3.63, 3.8) is 0 Å². The van der Waals surface area contributed by atoms with Crippen LogP contribution in [0.15, 0.2) is 35.3 Å². The Balaban J connectivity index is 2.17. The fourth-order valence-corrected chi connectivity index (χ4v) is 3.64. The Hall–Kier alpha value is -3.01. The van der Waals surface area contributed by atoms with E-state index in [0.29, 0.717) is 6.07 Å². The number of methoxy groups -OCH3 is 1. The average Bonchev–Trinajstić information content (AvgIpc) is 3.25. The first-order valence-corrected chi connectivity index (χ1v) is 8.81. The van der Waals surface area contributed by atoms with Crippen molar-refractivity contribution in [2.24, 2.45) is 0 Å². The van der Waals surface area contributed by atoms with Crippen molar-refractivity contribution in [2.45, 2.75) is 0 Å². The van der Waals surface area contributed by atoms with Crippen molar-refractivity contribution in [1.82, 2.24) is 0 Å². The molecule has 1 amide bonds. The summed E-state index contributed by atoms with van der Waals surface area (Å²) < 4.78 is 109. The molecule has 10 heteroatoms. The smallest absolute Gasteiger partial charge is 0.332 e. The van der Waals surface area contributed by atoms with Crippen molar-refractivity contribution < 1.29 is 45.2 Å². The van der Waals surface area contributed by atoms with Crippen molar-refractivity contribution in [3.05, 3.63) is 58.6 Å². The summed E-state index contributed by atoms with van der Waals surface area (Å²) >= 11 is 1.02. The fraction of sp³-hybridized carbons (Fsp3) is 0.158. The molecule has 0 radical (unpaired) electrons. The number of aliphatic carboxylic acids is 1. The molecule has 2 aromatic carbocycles. The highest BCUT2D eigenvalue weighted by Crippen LogP contribution is 2.36. The van der Waals surface area contributed by atoms with Crippen LogP contribution in [0.2, 0.25) is 0 Å². The van der Waals surface area contributed by atoms with Crippen LogP contribution in [0.25, 0.3) is 11.1 Å². The first-order valence-electron chi connectivity index (χ1n) is 10.7. The van der Waals surface area contributed by atoms with Crippen LogP contribution in [0.3, 0.4) is 0 Å². The van der Waals surface area contributed by atoms with Crippen molar-refractivity contribution in [2.75, 3.05) is 23.9 Å². The van der Waals surface area contributed by atoms with Gasteiger partial charge in [0, 0.05) is 17.1 Å². The number of carboxylic acids is 1. The first-order chi connectivity index (χ1) is 16.2. The van der Waals surface area contributed by atoms with Crippen LogP contribution < -0.4 is 10.1 Å². The van der Waals surface area contributed by atoms with E-state index in [0.717, 1.165) is 11.8 Å². The zero-order valence-corrected chi connectivity index (χ0v) is 14.9. The van der Waals surface area contributed by atoms with Crippen LogP contribution in [0.1, 0.15) is 8.22 Å². The Morgan fingerprint density at radius 2 is 1.79 bits per heavy atom. The fourth-order valence-electron chi connectivity index (χ4n) is 2.52. The zero-order chi connectivity index (χ0) is 26.4. The molecule has 2 aromatic rings. The number of amides is 1. The monoisotopic (exact) mass is 433 g/mol. The lowest BCUT2D eigenvalue weighted by molar-refractivity contribution is -0.132. The third-order valence-electron chi connectivity index (χ3n) is 3.90. The highest BCUT2D eigenvalue weighted by Gasteiger charge is 2.31. The molecule has 2 N–H and O–H groups in total. The number of benzene rings is 2. The van der Waals surface area contributed by atoms with E-state index in [-0.39, 0.29) is 22.7 Å². The van der Waals surface area contributed by atoms with Crippen LogP contribution in [-0.4, -0.2) is 35.5 Å². The average molecular weight is 433 g/mol. The number of rotatable bonds is 5. The summed E-state index contributed by atoms with van der Waals surface area (Å²) in [6.07, 6.45) is 0. The van der Waals surface area contributed by atoms with Gasteiger partial charge in [0.25, 0.3) is 5.91 Å². The second-order valence-electron chi connectivity index (χ2n) is 5.58. The highest BCUT2D eigenvalue weighted by atomic mass is 32.2. The Labute approximate surface area is 174 Å². The third kappa shape index (κ3) is 3.80. The van der Waals surface area contributed by atoms with Gasteiger partial charge >= 0.3 is 5.97 Å². The quantitative estimate of drug-likeness (QED) is 0.551. The molecule has 0 saturated carbocycles. The summed E-state index contributed by atoms with van der Waals surface area (Å²) in [6, 6.07) is -2.37. The molecule has 29 heavy (non-hydrogen) atoms. The van der Waals surface area contributed by atoms with Gasteiger partial charge in [0.1, 0.15) is 11.4 Å². The second-order valence-corrected chi connectivity index (χ2v) is 6.56. The number of carbonyl (C=O) groups is 2. The molecule has 0 aromatic heterocycles. The number of hydrogen-bond donors (Lipinski definition) is 2. The number of halogens is 4. The zero-order valence-electron chi connectivity index (χ0n) is 20.1. The molecule has 0 bridgehead atoms. The van der Waals surface area contributed by atoms with E-state index in [9.17, 15) is 27.2 Å². The summed E-state index contributed by atoms with van der Waals surface area (Å²) in [7, 11) is -3.20. The highest BCUT2D eigenvalue weighted by molar-refractivity contribution is 8.00. The molecular weight excluding hydrogens is 414 g/mol. The Morgan fingerprint density at radius 1 is 1.14 bits per heavy atom. The van der Waals surface area contributed by atoms with Gasteiger partial charge in [-0.25, -0.2) is 22.4 Å². The molecule has 152 valence electrons. The number of anilines is 1. The number of hydrogen-bond acceptors (Lipinski definition) is 4. The molecule has 1 aliphatic rings. The van der Waals surface area contributed by atoms with E-state index in [2.05, 4.69) is 4.74 Å². The SMILES string of the molecule is [2H]c1cc([2H])c(-c2c(F)c(F)c(NC(=O)C3=C(C(=O)O)CSC3)c(F)c2F)c([2H])c1OC([2H])([2H])[2H]. The summed E-state index contributed by atoms with van der Waals surface area (Å²) in [5.41, 5.74) is -4.94. The molecule has 3 rings (SSSR count). The van der Waals surface area contributed by atoms with Crippen molar-refractivity contribution >= 4 is 29.3 Å². The Morgan fingerprint density at radius 3 is 2.41 bits per heavy atom. The minimum absolute atomic E-state index is 0.0735. The van der Waals surface area contributed by atoms with Gasteiger partial charge in [-0.1, -0.05) is 12.1 Å². The van der Waals surface area contributed by atoms with E-state index in [1.165, 1.54) is 0 Å². The Bertz CT molecular complexity index is 1270. The molecule has 1 heterocycles. The van der Waals surface area contributed by atoms with Crippen molar-refractivity contribution in [3.8, 4) is 16.9 Å². The second kappa shape index (κ2) is 8.16. The van der Waals surface area contributed by atoms with Gasteiger partial charge in [0.15, 0.2) is 23.3 Å². The van der Waals surface area contributed by atoms with Crippen molar-refractivity contribution in [1.29, 1.82) is 0 Å². The van der Waals surface area contributed by atoms with E-state index in [1.54, 1.807) is 5.32 Å². The van der Waals surface area contributed by atoms with Gasteiger partial charge in [-0.05, 0) is 17.6 Å². The predicted molar refractivity (Wildman–Crippen MR) is 98.9 cm³/mol. The summed E-state index contributed by atoms with van der Waals surface area (Å²) in [5.74, 6) is -12.5. The van der Waals surface area contributed by atoms with Crippen LogP contribution >= 0.6 is 11.8 Å². The maximum absolute atomic E-state index is 14.9. The topological polar surface area (TPSA) is 75.6 Å². The van der Waals surface area contributed by atoms with E-state index < -0.39 is 82.9 Å². The molecule has 1 aliphatic heterocycles. The summed E-state index contributed by atoms with van der Waals surface area (Å²) in [4.78, 5) is 23.6. The lowest BCUT2D eigenvalue weighted by atomic mass is 10.0. The largest absolute Gasteiger partial charge is 0.497 e. The van der Waals surface area contributed by atoms with Gasteiger partial charge in [0.2, 0.25) is 0 Å². The maximum Gasteiger partial charge on any atom is 0.332 e. The minimum atomic E-state index is -3.20. The molecule has 5 nitrogen and oxygen atoms in total. The van der Waals surface area contributed by atoms with E-state index >= 15 is 0 Å².